The summed E-state index contributed by atoms with van der Waals surface area (Å²) in [6.07, 6.45) is 9.73. The minimum Gasteiger partial charge on any atom is -0.481 e. The van der Waals surface area contributed by atoms with E-state index in [2.05, 4.69) is 10.2 Å². The lowest BCUT2D eigenvalue weighted by atomic mass is 9.89. The zero-order valence-electron chi connectivity index (χ0n) is 11.9. The highest BCUT2D eigenvalue weighted by Gasteiger charge is 2.21. The summed E-state index contributed by atoms with van der Waals surface area (Å²) in [6, 6.07) is 0.574. The fourth-order valence-corrected chi connectivity index (χ4v) is 3.40. The Morgan fingerprint density at radius 1 is 1.16 bits per heavy atom. The van der Waals surface area contributed by atoms with E-state index in [1.165, 1.54) is 44.9 Å². The lowest BCUT2D eigenvalue weighted by Crippen LogP contribution is -2.47. The fourth-order valence-electron chi connectivity index (χ4n) is 3.40. The van der Waals surface area contributed by atoms with Gasteiger partial charge in [0.25, 0.3) is 0 Å². The minimum absolute atomic E-state index is 0.273. The third-order valence-electron chi connectivity index (χ3n) is 4.57. The molecule has 0 bridgehead atoms. The van der Waals surface area contributed by atoms with E-state index in [1.807, 2.05) is 0 Å². The third kappa shape index (κ3) is 5.49. The van der Waals surface area contributed by atoms with Crippen LogP contribution in [0.1, 0.15) is 51.4 Å². The van der Waals surface area contributed by atoms with Crippen molar-refractivity contribution in [2.45, 2.75) is 57.4 Å². The molecule has 2 aliphatic rings. The van der Waals surface area contributed by atoms with Crippen molar-refractivity contribution < 1.29 is 9.90 Å². The summed E-state index contributed by atoms with van der Waals surface area (Å²) < 4.78 is 0. The highest BCUT2D eigenvalue weighted by atomic mass is 16.4. The molecule has 1 saturated carbocycles. The van der Waals surface area contributed by atoms with Gasteiger partial charge in [0.1, 0.15) is 0 Å². The van der Waals surface area contributed by atoms with Gasteiger partial charge < -0.3 is 15.3 Å². The van der Waals surface area contributed by atoms with E-state index in [0.29, 0.717) is 12.6 Å². The normalized spacial score (nSPS) is 26.4. The maximum absolute atomic E-state index is 10.6. The Balaban J connectivity index is 1.64. The van der Waals surface area contributed by atoms with Gasteiger partial charge >= 0.3 is 5.97 Å². The van der Waals surface area contributed by atoms with Gasteiger partial charge in [-0.25, -0.2) is 0 Å². The van der Waals surface area contributed by atoms with Crippen LogP contribution in [0, 0.1) is 5.92 Å². The van der Waals surface area contributed by atoms with Gasteiger partial charge in [-0.3, -0.25) is 4.79 Å². The first-order valence-corrected chi connectivity index (χ1v) is 7.91. The maximum Gasteiger partial charge on any atom is 0.304 e. The predicted octanol–water partition coefficient (Wildman–Crippen LogP) is 2.10. The SMILES string of the molecule is O=C(O)CCN1CCCC(NCC2CCCCC2)C1. The molecule has 2 fully saturated rings. The van der Waals surface area contributed by atoms with Crippen molar-refractivity contribution in [1.82, 2.24) is 10.2 Å². The summed E-state index contributed by atoms with van der Waals surface area (Å²) in [7, 11) is 0. The van der Waals surface area contributed by atoms with Gasteiger partial charge in [-0.2, -0.15) is 0 Å². The smallest absolute Gasteiger partial charge is 0.304 e. The first-order valence-electron chi connectivity index (χ1n) is 7.91. The average molecular weight is 268 g/mol. The quantitative estimate of drug-likeness (QED) is 0.774. The second kappa shape index (κ2) is 7.85. The van der Waals surface area contributed by atoms with Crippen LogP contribution < -0.4 is 5.32 Å². The van der Waals surface area contributed by atoms with Crippen LogP contribution in [0.2, 0.25) is 0 Å². The Morgan fingerprint density at radius 3 is 2.68 bits per heavy atom. The van der Waals surface area contributed by atoms with Gasteiger partial charge in [-0.05, 0) is 44.7 Å². The molecule has 0 radical (unpaired) electrons. The van der Waals surface area contributed by atoms with Gasteiger partial charge in [-0.15, -0.1) is 0 Å². The summed E-state index contributed by atoms with van der Waals surface area (Å²) in [5, 5.41) is 12.5. The van der Waals surface area contributed by atoms with Gasteiger partial charge in [0.05, 0.1) is 6.42 Å². The summed E-state index contributed by atoms with van der Waals surface area (Å²) >= 11 is 0. The van der Waals surface area contributed by atoms with E-state index < -0.39 is 5.97 Å². The van der Waals surface area contributed by atoms with Gasteiger partial charge in [0.2, 0.25) is 0 Å². The van der Waals surface area contributed by atoms with Gasteiger partial charge in [-0.1, -0.05) is 19.3 Å². The van der Waals surface area contributed by atoms with Crippen molar-refractivity contribution in [3.05, 3.63) is 0 Å². The molecule has 19 heavy (non-hydrogen) atoms. The van der Waals surface area contributed by atoms with Crippen LogP contribution >= 0.6 is 0 Å². The summed E-state index contributed by atoms with van der Waals surface area (Å²) in [5.41, 5.74) is 0. The molecule has 110 valence electrons. The fraction of sp³-hybridized carbons (Fsp3) is 0.933. The van der Waals surface area contributed by atoms with Crippen LogP contribution in [0.5, 0.6) is 0 Å². The molecule has 1 aliphatic carbocycles. The Labute approximate surface area is 116 Å². The monoisotopic (exact) mass is 268 g/mol. The average Bonchev–Trinajstić information content (AvgIpc) is 2.44. The van der Waals surface area contributed by atoms with Gasteiger partial charge in [0.15, 0.2) is 0 Å². The molecular formula is C15H28N2O2. The van der Waals surface area contributed by atoms with Crippen LogP contribution in [0.3, 0.4) is 0 Å². The van der Waals surface area contributed by atoms with E-state index in [-0.39, 0.29) is 6.42 Å². The molecule has 1 atom stereocenters. The molecule has 2 rings (SSSR count). The van der Waals surface area contributed by atoms with Crippen molar-refractivity contribution in [2.24, 2.45) is 5.92 Å². The topological polar surface area (TPSA) is 52.6 Å². The lowest BCUT2D eigenvalue weighted by molar-refractivity contribution is -0.137. The number of rotatable bonds is 6. The number of hydrogen-bond donors (Lipinski definition) is 2. The number of hydrogen-bond acceptors (Lipinski definition) is 3. The van der Waals surface area contributed by atoms with Crippen molar-refractivity contribution in [2.75, 3.05) is 26.2 Å². The van der Waals surface area contributed by atoms with Gasteiger partial charge in [0, 0.05) is 19.1 Å². The number of carboxylic acid groups (broad SMARTS) is 1. The largest absolute Gasteiger partial charge is 0.481 e. The zero-order chi connectivity index (χ0) is 13.5. The molecule has 2 N–H and O–H groups in total. The molecule has 0 aromatic rings. The van der Waals surface area contributed by atoms with Crippen LogP contribution in [-0.2, 0) is 4.79 Å². The van der Waals surface area contributed by atoms with E-state index in [1.54, 1.807) is 0 Å². The van der Waals surface area contributed by atoms with Crippen molar-refractivity contribution in [3.63, 3.8) is 0 Å². The number of aliphatic carboxylic acids is 1. The number of carbonyl (C=O) groups is 1. The standard InChI is InChI=1S/C15H28N2O2/c18-15(19)8-10-17-9-4-7-14(12-17)16-11-13-5-2-1-3-6-13/h13-14,16H,1-12H2,(H,18,19). The Hall–Kier alpha value is -0.610. The summed E-state index contributed by atoms with van der Waals surface area (Å²) in [4.78, 5) is 12.9. The molecule has 0 aromatic heterocycles. The molecule has 1 unspecified atom stereocenters. The number of carboxylic acids is 1. The first-order chi connectivity index (χ1) is 9.24. The second-order valence-electron chi connectivity index (χ2n) is 6.20. The number of nitrogens with one attached hydrogen (secondary N) is 1. The second-order valence-corrected chi connectivity index (χ2v) is 6.20. The molecule has 4 nitrogen and oxygen atoms in total. The van der Waals surface area contributed by atoms with Crippen LogP contribution in [0.25, 0.3) is 0 Å². The zero-order valence-corrected chi connectivity index (χ0v) is 11.9. The molecule has 0 spiro atoms. The number of piperidine rings is 1. The molecule has 1 aliphatic heterocycles. The van der Waals surface area contributed by atoms with Crippen molar-refractivity contribution >= 4 is 5.97 Å². The molecule has 1 saturated heterocycles. The van der Waals surface area contributed by atoms with Crippen molar-refractivity contribution in [1.29, 1.82) is 0 Å². The lowest BCUT2D eigenvalue weighted by Gasteiger charge is -2.34. The highest BCUT2D eigenvalue weighted by molar-refractivity contribution is 5.66. The van der Waals surface area contributed by atoms with E-state index in [9.17, 15) is 4.79 Å². The molecular weight excluding hydrogens is 240 g/mol. The third-order valence-corrected chi connectivity index (χ3v) is 4.57. The number of nitrogens with zero attached hydrogens (tertiary/aromatic N) is 1. The Bertz CT molecular complexity index is 277. The number of likely N-dealkylation sites (tertiary alicyclic amines) is 1. The molecule has 4 heteroatoms. The minimum atomic E-state index is -0.683. The molecule has 0 aromatic carbocycles. The van der Waals surface area contributed by atoms with Crippen LogP contribution in [0.15, 0.2) is 0 Å². The summed E-state index contributed by atoms with van der Waals surface area (Å²) in [5.74, 6) is 0.195. The predicted molar refractivity (Wildman–Crippen MR) is 76.3 cm³/mol. The van der Waals surface area contributed by atoms with E-state index >= 15 is 0 Å². The molecule has 1 heterocycles. The van der Waals surface area contributed by atoms with Crippen molar-refractivity contribution in [3.8, 4) is 0 Å². The first kappa shape index (κ1) is 14.8. The molecule has 0 amide bonds. The summed E-state index contributed by atoms with van der Waals surface area (Å²) in [6.45, 7) is 3.96. The van der Waals surface area contributed by atoms with E-state index in [4.69, 9.17) is 5.11 Å². The Morgan fingerprint density at radius 2 is 1.95 bits per heavy atom. The van der Waals surface area contributed by atoms with E-state index in [0.717, 1.165) is 25.6 Å². The van der Waals surface area contributed by atoms with Crippen LogP contribution in [-0.4, -0.2) is 48.2 Å². The maximum atomic E-state index is 10.6. The highest BCUT2D eigenvalue weighted by Crippen LogP contribution is 2.23. The van der Waals surface area contributed by atoms with Crippen LogP contribution in [0.4, 0.5) is 0 Å². The Kier molecular flexibility index (Phi) is 6.11.